The molecule has 160 valence electrons. The molecule has 0 saturated heterocycles. The summed E-state index contributed by atoms with van der Waals surface area (Å²) in [5, 5.41) is 5.29. The number of halogens is 2. The second-order valence-electron chi connectivity index (χ2n) is 6.87. The fourth-order valence-electron chi connectivity index (χ4n) is 3.04. The molecule has 7 heteroatoms. The third-order valence-electron chi connectivity index (χ3n) is 4.62. The third kappa shape index (κ3) is 6.37. The predicted molar refractivity (Wildman–Crippen MR) is 114 cm³/mol. The molecular weight excluding hydrogens is 402 g/mol. The maximum atomic E-state index is 12.4. The van der Waals surface area contributed by atoms with Gasteiger partial charge in [0.1, 0.15) is 5.75 Å². The van der Waals surface area contributed by atoms with E-state index >= 15 is 0 Å². The van der Waals surface area contributed by atoms with Gasteiger partial charge in [0.15, 0.2) is 0 Å². The van der Waals surface area contributed by atoms with Crippen LogP contribution in [0.3, 0.4) is 0 Å². The first-order chi connectivity index (χ1) is 14.9. The number of hydrogen-bond donors (Lipinski definition) is 2. The van der Waals surface area contributed by atoms with Crippen molar-refractivity contribution in [1.29, 1.82) is 0 Å². The van der Waals surface area contributed by atoms with Gasteiger partial charge in [-0.05, 0) is 47.9 Å². The highest BCUT2D eigenvalue weighted by Gasteiger charge is 2.13. The Kier molecular flexibility index (Phi) is 7.32. The highest BCUT2D eigenvalue weighted by atomic mass is 19.3. The van der Waals surface area contributed by atoms with Crippen LogP contribution in [0.15, 0.2) is 78.9 Å². The molecule has 0 radical (unpaired) electrons. The van der Waals surface area contributed by atoms with Gasteiger partial charge in [0.2, 0.25) is 5.91 Å². The van der Waals surface area contributed by atoms with Crippen molar-refractivity contribution >= 4 is 11.8 Å². The van der Waals surface area contributed by atoms with E-state index in [2.05, 4.69) is 15.4 Å². The fraction of sp³-hybridized carbons (Fsp3) is 0.167. The zero-order valence-corrected chi connectivity index (χ0v) is 16.8. The van der Waals surface area contributed by atoms with Crippen LogP contribution in [0.4, 0.5) is 8.78 Å². The van der Waals surface area contributed by atoms with Crippen molar-refractivity contribution in [2.24, 2.45) is 0 Å². The largest absolute Gasteiger partial charge is 0.435 e. The Bertz CT molecular complexity index is 1020. The summed E-state index contributed by atoms with van der Waals surface area (Å²) >= 11 is 0. The number of amides is 2. The standard InChI is InChI=1S/C24H22F2N2O3/c1-16(20-8-5-9-21(14-20)31-24(25)26)28-22(29)15-27-23(30)19-12-10-18(11-13-19)17-6-3-2-4-7-17/h2-14,16,24H,15H2,1H3,(H,27,30)(H,28,29). The quantitative estimate of drug-likeness (QED) is 0.557. The summed E-state index contributed by atoms with van der Waals surface area (Å²) in [6.45, 7) is -1.42. The average molecular weight is 424 g/mol. The van der Waals surface area contributed by atoms with E-state index in [1.165, 1.54) is 12.1 Å². The molecule has 2 amide bonds. The van der Waals surface area contributed by atoms with E-state index in [-0.39, 0.29) is 18.2 Å². The summed E-state index contributed by atoms with van der Waals surface area (Å²) in [4.78, 5) is 24.5. The summed E-state index contributed by atoms with van der Waals surface area (Å²) in [7, 11) is 0. The van der Waals surface area contributed by atoms with Crippen LogP contribution in [-0.2, 0) is 4.79 Å². The van der Waals surface area contributed by atoms with Crippen molar-refractivity contribution in [2.45, 2.75) is 19.6 Å². The van der Waals surface area contributed by atoms with E-state index in [0.29, 0.717) is 11.1 Å². The molecule has 5 nitrogen and oxygen atoms in total. The molecule has 1 atom stereocenters. The fourth-order valence-corrected chi connectivity index (χ4v) is 3.04. The zero-order chi connectivity index (χ0) is 22.2. The summed E-state index contributed by atoms with van der Waals surface area (Å²) < 4.78 is 29.1. The topological polar surface area (TPSA) is 67.4 Å². The van der Waals surface area contributed by atoms with E-state index < -0.39 is 18.6 Å². The number of nitrogens with one attached hydrogen (secondary N) is 2. The minimum atomic E-state index is -2.92. The number of benzene rings is 3. The summed E-state index contributed by atoms with van der Waals surface area (Å²) in [5.41, 5.74) is 3.08. The Balaban J connectivity index is 1.51. The van der Waals surface area contributed by atoms with Gasteiger partial charge < -0.3 is 15.4 Å². The van der Waals surface area contributed by atoms with Gasteiger partial charge in [-0.1, -0.05) is 54.6 Å². The summed E-state index contributed by atoms with van der Waals surface area (Å²) in [6, 6.07) is 22.5. The van der Waals surface area contributed by atoms with E-state index in [1.54, 1.807) is 31.2 Å². The molecule has 3 rings (SSSR count). The van der Waals surface area contributed by atoms with Gasteiger partial charge in [-0.25, -0.2) is 0 Å². The molecule has 0 saturated carbocycles. The van der Waals surface area contributed by atoms with Crippen LogP contribution in [0.2, 0.25) is 0 Å². The molecular formula is C24H22F2N2O3. The lowest BCUT2D eigenvalue weighted by molar-refractivity contribution is -0.120. The number of alkyl halides is 2. The maximum Gasteiger partial charge on any atom is 0.387 e. The number of ether oxygens (including phenoxy) is 1. The van der Waals surface area contributed by atoms with Crippen molar-refractivity contribution in [3.05, 3.63) is 90.0 Å². The lowest BCUT2D eigenvalue weighted by atomic mass is 10.0. The number of carbonyl (C=O) groups excluding carboxylic acids is 2. The average Bonchev–Trinajstić information content (AvgIpc) is 2.78. The summed E-state index contributed by atoms with van der Waals surface area (Å²) in [6.07, 6.45) is 0. The molecule has 0 bridgehead atoms. The molecule has 0 spiro atoms. The number of rotatable bonds is 8. The normalized spacial score (nSPS) is 11.6. The molecule has 31 heavy (non-hydrogen) atoms. The first kappa shape index (κ1) is 22.0. The molecule has 0 aliphatic heterocycles. The molecule has 0 fully saturated rings. The van der Waals surface area contributed by atoms with Crippen LogP contribution in [0.25, 0.3) is 11.1 Å². The lowest BCUT2D eigenvalue weighted by Crippen LogP contribution is -2.38. The van der Waals surface area contributed by atoms with Gasteiger partial charge in [0, 0.05) is 5.56 Å². The van der Waals surface area contributed by atoms with Gasteiger partial charge in [-0.3, -0.25) is 9.59 Å². The molecule has 3 aromatic rings. The summed E-state index contributed by atoms with van der Waals surface area (Å²) in [5.74, 6) is -0.752. The molecule has 3 aromatic carbocycles. The second kappa shape index (κ2) is 10.3. The number of hydrogen-bond acceptors (Lipinski definition) is 3. The van der Waals surface area contributed by atoms with E-state index in [1.807, 2.05) is 42.5 Å². The zero-order valence-electron chi connectivity index (χ0n) is 16.8. The highest BCUT2D eigenvalue weighted by molar-refractivity contribution is 5.96. The van der Waals surface area contributed by atoms with Crippen LogP contribution in [0.1, 0.15) is 28.9 Å². The van der Waals surface area contributed by atoms with Crippen LogP contribution in [0, 0.1) is 0 Å². The van der Waals surface area contributed by atoms with Crippen molar-refractivity contribution in [3.63, 3.8) is 0 Å². The molecule has 0 heterocycles. The molecule has 2 N–H and O–H groups in total. The minimum Gasteiger partial charge on any atom is -0.435 e. The Morgan fingerprint density at radius 3 is 2.26 bits per heavy atom. The highest BCUT2D eigenvalue weighted by Crippen LogP contribution is 2.21. The van der Waals surface area contributed by atoms with Crippen molar-refractivity contribution in [2.75, 3.05) is 6.54 Å². The molecule has 0 aromatic heterocycles. The predicted octanol–water partition coefficient (Wildman–Crippen LogP) is 4.56. The van der Waals surface area contributed by atoms with Gasteiger partial charge in [0.25, 0.3) is 5.91 Å². The van der Waals surface area contributed by atoms with E-state index in [0.717, 1.165) is 11.1 Å². The smallest absolute Gasteiger partial charge is 0.387 e. The van der Waals surface area contributed by atoms with Crippen LogP contribution >= 0.6 is 0 Å². The van der Waals surface area contributed by atoms with Gasteiger partial charge in [-0.2, -0.15) is 8.78 Å². The maximum absolute atomic E-state index is 12.4. The van der Waals surface area contributed by atoms with Gasteiger partial charge >= 0.3 is 6.61 Å². The first-order valence-electron chi connectivity index (χ1n) is 9.70. The van der Waals surface area contributed by atoms with E-state index in [9.17, 15) is 18.4 Å². The van der Waals surface area contributed by atoms with Crippen LogP contribution in [0.5, 0.6) is 5.75 Å². The third-order valence-corrected chi connectivity index (χ3v) is 4.62. The SMILES string of the molecule is CC(NC(=O)CNC(=O)c1ccc(-c2ccccc2)cc1)c1cccc(OC(F)F)c1. The lowest BCUT2D eigenvalue weighted by Gasteiger charge is -2.16. The Labute approximate surface area is 179 Å². The monoisotopic (exact) mass is 424 g/mol. The van der Waals surface area contributed by atoms with Crippen LogP contribution in [-0.4, -0.2) is 25.0 Å². The van der Waals surface area contributed by atoms with Crippen molar-refractivity contribution in [3.8, 4) is 16.9 Å². The first-order valence-corrected chi connectivity index (χ1v) is 9.70. The molecule has 0 aliphatic rings. The second-order valence-corrected chi connectivity index (χ2v) is 6.87. The van der Waals surface area contributed by atoms with Gasteiger partial charge in [0.05, 0.1) is 12.6 Å². The number of carbonyl (C=O) groups is 2. The Hall–Kier alpha value is -3.74. The van der Waals surface area contributed by atoms with Gasteiger partial charge in [-0.15, -0.1) is 0 Å². The Morgan fingerprint density at radius 2 is 1.58 bits per heavy atom. The molecule has 0 aliphatic carbocycles. The molecule has 1 unspecified atom stereocenters. The Morgan fingerprint density at radius 1 is 0.903 bits per heavy atom. The van der Waals surface area contributed by atoms with Crippen molar-refractivity contribution < 1.29 is 23.1 Å². The van der Waals surface area contributed by atoms with E-state index in [4.69, 9.17) is 0 Å². The minimum absolute atomic E-state index is 0.0147. The van der Waals surface area contributed by atoms with Crippen LogP contribution < -0.4 is 15.4 Å². The van der Waals surface area contributed by atoms with Crippen molar-refractivity contribution in [1.82, 2.24) is 10.6 Å².